The van der Waals surface area contributed by atoms with E-state index in [0.717, 1.165) is 5.56 Å². The number of ether oxygens (including phenoxy) is 2. The van der Waals surface area contributed by atoms with E-state index in [2.05, 4.69) is 15.6 Å². The number of nitrogens with zero attached hydrogens (tertiary/aromatic N) is 1. The molecule has 0 heterocycles. The molecule has 0 saturated carbocycles. The van der Waals surface area contributed by atoms with E-state index in [1.165, 1.54) is 6.07 Å². The van der Waals surface area contributed by atoms with Crippen molar-refractivity contribution in [1.29, 1.82) is 0 Å². The molecule has 1 rings (SSSR count). The molecule has 0 bridgehead atoms. The first-order valence-electron chi connectivity index (χ1n) is 6.93. The Balaban J connectivity index is 2.26. The number of aliphatic imine (C=N–C) groups is 1. The maximum absolute atomic E-state index is 13.2. The topological polar surface area (TPSA) is 54.9 Å². The molecule has 0 aliphatic rings. The average molecular weight is 297 g/mol. The van der Waals surface area contributed by atoms with E-state index < -0.39 is 0 Å². The first-order valence-corrected chi connectivity index (χ1v) is 6.93. The Morgan fingerprint density at radius 2 is 2.05 bits per heavy atom. The van der Waals surface area contributed by atoms with Crippen LogP contribution in [0.4, 0.5) is 4.39 Å². The van der Waals surface area contributed by atoms with Crippen LogP contribution in [0.2, 0.25) is 0 Å². The van der Waals surface area contributed by atoms with Crippen molar-refractivity contribution in [3.8, 4) is 0 Å². The van der Waals surface area contributed by atoms with Gasteiger partial charge >= 0.3 is 0 Å². The SMILES string of the molecule is CN=C(NCCOCCOC)NCc1ccc(F)c(C)c1. The van der Waals surface area contributed by atoms with E-state index >= 15 is 0 Å². The van der Waals surface area contributed by atoms with Gasteiger partial charge in [-0.1, -0.05) is 12.1 Å². The largest absolute Gasteiger partial charge is 0.382 e. The zero-order valence-corrected chi connectivity index (χ0v) is 12.9. The highest BCUT2D eigenvalue weighted by molar-refractivity contribution is 5.79. The van der Waals surface area contributed by atoms with Crippen molar-refractivity contribution in [2.45, 2.75) is 13.5 Å². The summed E-state index contributed by atoms with van der Waals surface area (Å²) in [5, 5.41) is 6.31. The van der Waals surface area contributed by atoms with Gasteiger partial charge in [0.2, 0.25) is 0 Å². The molecule has 0 aromatic heterocycles. The zero-order chi connectivity index (χ0) is 15.5. The molecule has 1 aromatic rings. The van der Waals surface area contributed by atoms with Crippen LogP contribution < -0.4 is 10.6 Å². The molecule has 5 nitrogen and oxygen atoms in total. The minimum Gasteiger partial charge on any atom is -0.382 e. The highest BCUT2D eigenvalue weighted by atomic mass is 19.1. The van der Waals surface area contributed by atoms with Crippen molar-refractivity contribution in [2.24, 2.45) is 4.99 Å². The first-order chi connectivity index (χ1) is 10.2. The molecule has 0 aliphatic heterocycles. The number of benzene rings is 1. The maximum Gasteiger partial charge on any atom is 0.191 e. The predicted molar refractivity (Wildman–Crippen MR) is 82.0 cm³/mol. The predicted octanol–water partition coefficient (Wildman–Crippen LogP) is 1.46. The lowest BCUT2D eigenvalue weighted by atomic mass is 10.1. The molecule has 0 unspecified atom stereocenters. The summed E-state index contributed by atoms with van der Waals surface area (Å²) in [6, 6.07) is 5.06. The molecule has 1 aromatic carbocycles. The van der Waals surface area contributed by atoms with Gasteiger partial charge in [-0.3, -0.25) is 4.99 Å². The van der Waals surface area contributed by atoms with Crippen LogP contribution in [0.5, 0.6) is 0 Å². The quantitative estimate of drug-likeness (QED) is 0.433. The van der Waals surface area contributed by atoms with E-state index in [9.17, 15) is 4.39 Å². The molecule has 0 saturated heterocycles. The molecular weight excluding hydrogens is 273 g/mol. The van der Waals surface area contributed by atoms with E-state index in [1.807, 2.05) is 6.07 Å². The zero-order valence-electron chi connectivity index (χ0n) is 12.9. The number of hydrogen-bond donors (Lipinski definition) is 2. The smallest absolute Gasteiger partial charge is 0.191 e. The molecule has 0 atom stereocenters. The van der Waals surface area contributed by atoms with E-state index in [4.69, 9.17) is 9.47 Å². The van der Waals surface area contributed by atoms with Crippen LogP contribution in [-0.4, -0.2) is 46.5 Å². The summed E-state index contributed by atoms with van der Waals surface area (Å²) in [4.78, 5) is 4.12. The van der Waals surface area contributed by atoms with Crippen molar-refractivity contribution < 1.29 is 13.9 Å². The van der Waals surface area contributed by atoms with Gasteiger partial charge in [0.1, 0.15) is 5.82 Å². The molecule has 0 fully saturated rings. The van der Waals surface area contributed by atoms with Crippen molar-refractivity contribution in [1.82, 2.24) is 10.6 Å². The summed E-state index contributed by atoms with van der Waals surface area (Å²) in [6.45, 7) is 4.76. The highest BCUT2D eigenvalue weighted by Gasteiger charge is 2.01. The summed E-state index contributed by atoms with van der Waals surface area (Å²) in [6.07, 6.45) is 0. The van der Waals surface area contributed by atoms with Gasteiger partial charge in [-0.25, -0.2) is 4.39 Å². The molecule has 118 valence electrons. The molecule has 0 radical (unpaired) electrons. The van der Waals surface area contributed by atoms with Gasteiger partial charge in [-0.15, -0.1) is 0 Å². The van der Waals surface area contributed by atoms with Crippen molar-refractivity contribution in [3.63, 3.8) is 0 Å². The third-order valence-electron chi connectivity index (χ3n) is 2.88. The fourth-order valence-electron chi connectivity index (χ4n) is 1.71. The number of halogens is 1. The average Bonchev–Trinajstić information content (AvgIpc) is 2.49. The third kappa shape index (κ3) is 7.06. The van der Waals surface area contributed by atoms with Crippen LogP contribution in [-0.2, 0) is 16.0 Å². The summed E-state index contributed by atoms with van der Waals surface area (Å²) in [5.41, 5.74) is 1.65. The number of guanidine groups is 1. The molecule has 6 heteroatoms. The molecule has 0 amide bonds. The van der Waals surface area contributed by atoms with Crippen LogP contribution in [0.25, 0.3) is 0 Å². The van der Waals surface area contributed by atoms with Crippen molar-refractivity contribution >= 4 is 5.96 Å². The van der Waals surface area contributed by atoms with E-state index in [1.54, 1.807) is 27.1 Å². The summed E-state index contributed by atoms with van der Waals surface area (Å²) < 4.78 is 23.4. The molecule has 0 aliphatic carbocycles. The summed E-state index contributed by atoms with van der Waals surface area (Å²) >= 11 is 0. The lowest BCUT2D eigenvalue weighted by Crippen LogP contribution is -2.38. The van der Waals surface area contributed by atoms with Crippen molar-refractivity contribution in [3.05, 3.63) is 35.1 Å². The monoisotopic (exact) mass is 297 g/mol. The summed E-state index contributed by atoms with van der Waals surface area (Å²) in [7, 11) is 3.35. The molecular formula is C15H24FN3O2. The number of aryl methyl sites for hydroxylation is 1. The Kier molecular flexibility index (Phi) is 8.38. The van der Waals surface area contributed by atoms with Gasteiger partial charge in [-0.2, -0.15) is 0 Å². The normalized spacial score (nSPS) is 11.5. The molecule has 21 heavy (non-hydrogen) atoms. The van der Waals surface area contributed by atoms with Gasteiger partial charge < -0.3 is 20.1 Å². The minimum absolute atomic E-state index is 0.186. The van der Waals surface area contributed by atoms with Crippen LogP contribution in [0.1, 0.15) is 11.1 Å². The second kappa shape index (κ2) is 10.1. The van der Waals surface area contributed by atoms with Gasteiger partial charge in [0, 0.05) is 27.2 Å². The Morgan fingerprint density at radius 1 is 1.24 bits per heavy atom. The minimum atomic E-state index is -0.186. The van der Waals surface area contributed by atoms with Crippen molar-refractivity contribution in [2.75, 3.05) is 40.5 Å². The maximum atomic E-state index is 13.2. The highest BCUT2D eigenvalue weighted by Crippen LogP contribution is 2.08. The van der Waals surface area contributed by atoms with E-state index in [-0.39, 0.29) is 5.82 Å². The lowest BCUT2D eigenvalue weighted by molar-refractivity contribution is 0.0733. The van der Waals surface area contributed by atoms with Crippen LogP contribution >= 0.6 is 0 Å². The lowest BCUT2D eigenvalue weighted by Gasteiger charge is -2.12. The van der Waals surface area contributed by atoms with Crippen LogP contribution in [0.15, 0.2) is 23.2 Å². The second-order valence-electron chi connectivity index (χ2n) is 4.54. The Morgan fingerprint density at radius 3 is 2.71 bits per heavy atom. The summed E-state index contributed by atoms with van der Waals surface area (Å²) in [5.74, 6) is 0.502. The Bertz CT molecular complexity index is 453. The fraction of sp³-hybridized carbons (Fsp3) is 0.533. The molecule has 0 spiro atoms. The second-order valence-corrected chi connectivity index (χ2v) is 4.54. The van der Waals surface area contributed by atoms with E-state index in [0.29, 0.717) is 44.4 Å². The van der Waals surface area contributed by atoms with Gasteiger partial charge in [0.15, 0.2) is 5.96 Å². The van der Waals surface area contributed by atoms with Crippen LogP contribution in [0, 0.1) is 12.7 Å². The van der Waals surface area contributed by atoms with Crippen LogP contribution in [0.3, 0.4) is 0 Å². The van der Waals surface area contributed by atoms with Gasteiger partial charge in [0.05, 0.1) is 19.8 Å². The standard InChI is InChI=1S/C15H24FN3O2/c1-12-10-13(4-5-14(12)16)11-19-15(17-2)18-6-7-21-9-8-20-3/h4-5,10H,6-9,11H2,1-3H3,(H2,17,18,19). The molecule has 2 N–H and O–H groups in total. The number of methoxy groups -OCH3 is 1. The fourth-order valence-corrected chi connectivity index (χ4v) is 1.71. The number of nitrogens with one attached hydrogen (secondary N) is 2. The third-order valence-corrected chi connectivity index (χ3v) is 2.88. The van der Waals surface area contributed by atoms with Gasteiger partial charge in [-0.05, 0) is 24.1 Å². The van der Waals surface area contributed by atoms with Gasteiger partial charge in [0.25, 0.3) is 0 Å². The Hall–Kier alpha value is -1.66. The Labute approximate surface area is 125 Å². The first kappa shape index (κ1) is 17.4. The number of rotatable bonds is 8. The number of hydrogen-bond acceptors (Lipinski definition) is 3.